The van der Waals surface area contributed by atoms with Crippen LogP contribution in [0, 0.1) is 0 Å². The van der Waals surface area contributed by atoms with Gasteiger partial charge in [-0.1, -0.05) is 12.1 Å². The summed E-state index contributed by atoms with van der Waals surface area (Å²) in [5, 5.41) is 10.3. The highest BCUT2D eigenvalue weighted by atomic mass is 16.5. The molecule has 1 unspecified atom stereocenters. The number of aromatic nitrogens is 4. The molecule has 0 saturated carbocycles. The number of carbonyl (C=O) groups is 1. The Bertz CT molecular complexity index is 969. The van der Waals surface area contributed by atoms with Crippen LogP contribution in [0.1, 0.15) is 32.5 Å². The minimum Gasteiger partial charge on any atom is -0.459 e. The van der Waals surface area contributed by atoms with Gasteiger partial charge in [0.15, 0.2) is 0 Å². The monoisotopic (exact) mass is 337 g/mol. The van der Waals surface area contributed by atoms with Gasteiger partial charge in [0, 0.05) is 11.9 Å². The van der Waals surface area contributed by atoms with Gasteiger partial charge in [0.2, 0.25) is 5.95 Å². The molecular formula is C18H19N5O2. The molecule has 0 fully saturated rings. The highest BCUT2D eigenvalue weighted by Gasteiger charge is 2.35. The molecule has 0 amide bonds. The Labute approximate surface area is 144 Å². The molecule has 0 spiro atoms. The average Bonchev–Trinajstić information content (AvgIpc) is 3.20. The van der Waals surface area contributed by atoms with Crippen molar-refractivity contribution in [2.45, 2.75) is 32.9 Å². The Morgan fingerprint density at radius 1 is 1.28 bits per heavy atom. The fourth-order valence-corrected chi connectivity index (χ4v) is 3.22. The highest BCUT2D eigenvalue weighted by molar-refractivity contribution is 5.94. The Balaban J connectivity index is 1.94. The second-order valence-electron chi connectivity index (χ2n) is 6.33. The van der Waals surface area contributed by atoms with Crippen molar-refractivity contribution in [1.82, 2.24) is 19.7 Å². The molecule has 25 heavy (non-hydrogen) atoms. The maximum atomic E-state index is 12.8. The molecule has 1 aliphatic heterocycles. The van der Waals surface area contributed by atoms with Gasteiger partial charge in [-0.2, -0.15) is 5.10 Å². The largest absolute Gasteiger partial charge is 0.459 e. The van der Waals surface area contributed by atoms with Crippen LogP contribution in [0.15, 0.2) is 47.8 Å². The summed E-state index contributed by atoms with van der Waals surface area (Å²) < 4.78 is 7.49. The Morgan fingerprint density at radius 2 is 2.08 bits per heavy atom. The first-order chi connectivity index (χ1) is 12.1. The molecule has 4 rings (SSSR count). The number of aromatic amines is 1. The number of H-pyrrole nitrogens is 1. The smallest absolute Gasteiger partial charge is 0.338 e. The first kappa shape index (κ1) is 15.4. The summed E-state index contributed by atoms with van der Waals surface area (Å²) in [7, 11) is 0. The maximum Gasteiger partial charge on any atom is 0.338 e. The van der Waals surface area contributed by atoms with Crippen LogP contribution in [0.25, 0.3) is 11.0 Å². The second kappa shape index (κ2) is 5.77. The van der Waals surface area contributed by atoms with Gasteiger partial charge in [-0.25, -0.2) is 9.78 Å². The zero-order chi connectivity index (χ0) is 17.6. The molecule has 0 bridgehead atoms. The van der Waals surface area contributed by atoms with Gasteiger partial charge in [0.25, 0.3) is 0 Å². The number of anilines is 1. The lowest BCUT2D eigenvalue weighted by atomic mass is 9.99. The number of allylic oxidation sites excluding steroid dienone is 1. The van der Waals surface area contributed by atoms with Crippen LogP contribution in [0.5, 0.6) is 0 Å². The number of esters is 1. The van der Waals surface area contributed by atoms with Crippen molar-refractivity contribution < 1.29 is 9.53 Å². The van der Waals surface area contributed by atoms with Crippen LogP contribution in [0.2, 0.25) is 0 Å². The highest BCUT2D eigenvalue weighted by Crippen LogP contribution is 2.38. The fourth-order valence-electron chi connectivity index (χ4n) is 3.22. The SMILES string of the molecule is CC1=C(C(=O)OC(C)C)C(c2ccn[nH]2)n2c(nc3ccccc32)N1. The van der Waals surface area contributed by atoms with Crippen LogP contribution in [-0.4, -0.2) is 31.8 Å². The van der Waals surface area contributed by atoms with Crippen molar-refractivity contribution in [2.24, 2.45) is 0 Å². The van der Waals surface area contributed by atoms with Crippen LogP contribution >= 0.6 is 0 Å². The van der Waals surface area contributed by atoms with Crippen molar-refractivity contribution in [2.75, 3.05) is 5.32 Å². The van der Waals surface area contributed by atoms with E-state index in [1.54, 1.807) is 6.20 Å². The van der Waals surface area contributed by atoms with Gasteiger partial charge in [-0.05, 0) is 39.0 Å². The maximum absolute atomic E-state index is 12.8. The third-order valence-electron chi connectivity index (χ3n) is 4.21. The number of hydrogen-bond acceptors (Lipinski definition) is 5. The lowest BCUT2D eigenvalue weighted by Crippen LogP contribution is -2.30. The molecule has 0 radical (unpaired) electrons. The lowest BCUT2D eigenvalue weighted by Gasteiger charge is -2.29. The standard InChI is InChI=1S/C18H19N5O2/c1-10(2)25-17(24)15-11(3)20-18-21-12-6-4-5-7-14(12)23(18)16(15)13-8-9-19-22-13/h4-10,16H,1-3H3,(H,19,22)(H,20,21). The lowest BCUT2D eigenvalue weighted by molar-refractivity contribution is -0.143. The number of benzene rings is 1. The molecule has 0 saturated heterocycles. The zero-order valence-corrected chi connectivity index (χ0v) is 14.3. The summed E-state index contributed by atoms with van der Waals surface area (Å²) in [6, 6.07) is 9.33. The Kier molecular flexibility index (Phi) is 3.56. The number of hydrogen-bond donors (Lipinski definition) is 2. The fraction of sp³-hybridized carbons (Fsp3) is 0.278. The second-order valence-corrected chi connectivity index (χ2v) is 6.33. The summed E-state index contributed by atoms with van der Waals surface area (Å²) in [5.41, 5.74) is 3.88. The summed E-state index contributed by atoms with van der Waals surface area (Å²) in [6.45, 7) is 5.55. The molecule has 3 aromatic rings. The molecule has 1 aliphatic rings. The molecular weight excluding hydrogens is 318 g/mol. The van der Waals surface area contributed by atoms with Crippen molar-refractivity contribution in [1.29, 1.82) is 0 Å². The number of rotatable bonds is 3. The minimum atomic E-state index is -0.377. The molecule has 0 aliphatic carbocycles. The molecule has 1 aromatic carbocycles. The van der Waals surface area contributed by atoms with E-state index in [1.807, 2.05) is 55.7 Å². The topological polar surface area (TPSA) is 84.8 Å². The number of ether oxygens (including phenoxy) is 1. The van der Waals surface area contributed by atoms with Crippen LogP contribution in [0.4, 0.5) is 5.95 Å². The van der Waals surface area contributed by atoms with E-state index in [2.05, 4.69) is 20.5 Å². The van der Waals surface area contributed by atoms with Gasteiger partial charge < -0.3 is 10.1 Å². The molecule has 7 nitrogen and oxygen atoms in total. The van der Waals surface area contributed by atoms with E-state index in [-0.39, 0.29) is 18.1 Å². The first-order valence-corrected chi connectivity index (χ1v) is 8.21. The minimum absolute atomic E-state index is 0.198. The molecule has 2 N–H and O–H groups in total. The van der Waals surface area contributed by atoms with E-state index < -0.39 is 0 Å². The van der Waals surface area contributed by atoms with Gasteiger partial charge in [0.05, 0.1) is 28.4 Å². The molecule has 3 heterocycles. The van der Waals surface area contributed by atoms with Gasteiger partial charge >= 0.3 is 5.97 Å². The number of imidazole rings is 1. The number of fused-ring (bicyclic) bond motifs is 3. The van der Waals surface area contributed by atoms with E-state index in [4.69, 9.17) is 4.74 Å². The summed E-state index contributed by atoms with van der Waals surface area (Å²) >= 11 is 0. The predicted molar refractivity (Wildman–Crippen MR) is 94.0 cm³/mol. The van der Waals surface area contributed by atoms with Crippen LogP contribution in [0.3, 0.4) is 0 Å². The molecule has 128 valence electrons. The summed E-state index contributed by atoms with van der Waals surface area (Å²) in [6.07, 6.45) is 1.48. The summed E-state index contributed by atoms with van der Waals surface area (Å²) in [4.78, 5) is 17.5. The van der Waals surface area contributed by atoms with Crippen LogP contribution < -0.4 is 5.32 Å². The predicted octanol–water partition coefficient (Wildman–Crippen LogP) is 3.00. The van der Waals surface area contributed by atoms with E-state index in [1.165, 1.54) is 0 Å². The van der Waals surface area contributed by atoms with E-state index in [0.717, 1.165) is 22.4 Å². The van der Waals surface area contributed by atoms with Gasteiger partial charge in [-0.15, -0.1) is 0 Å². The van der Waals surface area contributed by atoms with Crippen molar-refractivity contribution in [3.05, 3.63) is 53.5 Å². The van der Waals surface area contributed by atoms with Crippen molar-refractivity contribution in [3.8, 4) is 0 Å². The average molecular weight is 337 g/mol. The Morgan fingerprint density at radius 3 is 2.80 bits per heavy atom. The number of carbonyl (C=O) groups excluding carboxylic acids is 1. The summed E-state index contributed by atoms with van der Waals surface area (Å²) in [5.74, 6) is 0.349. The quantitative estimate of drug-likeness (QED) is 0.718. The van der Waals surface area contributed by atoms with Crippen LogP contribution in [-0.2, 0) is 9.53 Å². The van der Waals surface area contributed by atoms with Gasteiger partial charge in [-0.3, -0.25) is 9.67 Å². The Hall–Kier alpha value is -3.09. The molecule has 1 atom stereocenters. The van der Waals surface area contributed by atoms with Crippen molar-refractivity contribution >= 4 is 23.0 Å². The normalized spacial score (nSPS) is 16.9. The van der Waals surface area contributed by atoms with E-state index >= 15 is 0 Å². The molecule has 7 heteroatoms. The van der Waals surface area contributed by atoms with E-state index in [0.29, 0.717) is 11.5 Å². The first-order valence-electron chi connectivity index (χ1n) is 8.21. The van der Waals surface area contributed by atoms with Gasteiger partial charge in [0.1, 0.15) is 6.04 Å². The third kappa shape index (κ3) is 2.48. The number of nitrogens with one attached hydrogen (secondary N) is 2. The van der Waals surface area contributed by atoms with Crippen molar-refractivity contribution in [3.63, 3.8) is 0 Å². The van der Waals surface area contributed by atoms with E-state index in [9.17, 15) is 4.79 Å². The number of nitrogens with zero attached hydrogens (tertiary/aromatic N) is 3. The molecule has 2 aromatic heterocycles. The number of para-hydroxylation sites is 2. The third-order valence-corrected chi connectivity index (χ3v) is 4.21. The zero-order valence-electron chi connectivity index (χ0n) is 14.3.